The van der Waals surface area contributed by atoms with Crippen LogP contribution in [0.15, 0.2) is 24.3 Å². The lowest BCUT2D eigenvalue weighted by Gasteiger charge is -2.32. The number of nitrogens with zero attached hydrogens (tertiary/aromatic N) is 1. The van der Waals surface area contributed by atoms with Crippen molar-refractivity contribution in [3.8, 4) is 0 Å². The molecule has 0 bridgehead atoms. The smallest absolute Gasteiger partial charge is 0.224 e. The number of nitrogens with one attached hydrogen (secondary N) is 1. The standard InChI is InChI=1S/C15H22N2O2/c1-3-15(18)16-14-6-4-13(5-7-14)12(2)17-8-10-19-11-9-17/h4-7,12H,3,8-11H2,1-2H3,(H,16,18)/t12-/m0/s1. The first-order valence-corrected chi connectivity index (χ1v) is 6.92. The fourth-order valence-electron chi connectivity index (χ4n) is 2.27. The third-order valence-corrected chi connectivity index (χ3v) is 3.59. The lowest BCUT2D eigenvalue weighted by atomic mass is 10.1. The molecule has 0 aliphatic carbocycles. The van der Waals surface area contributed by atoms with Crippen molar-refractivity contribution in [3.63, 3.8) is 0 Å². The van der Waals surface area contributed by atoms with Crippen LogP contribution in [-0.4, -0.2) is 37.1 Å². The minimum atomic E-state index is 0.0500. The van der Waals surface area contributed by atoms with Crippen molar-refractivity contribution in [2.75, 3.05) is 31.6 Å². The van der Waals surface area contributed by atoms with Gasteiger partial charge in [0.25, 0.3) is 0 Å². The predicted octanol–water partition coefficient (Wildman–Crippen LogP) is 2.43. The molecule has 1 aliphatic heterocycles. The first-order chi connectivity index (χ1) is 9.20. The van der Waals surface area contributed by atoms with Crippen LogP contribution in [0.2, 0.25) is 0 Å². The van der Waals surface area contributed by atoms with Crippen LogP contribution in [0.25, 0.3) is 0 Å². The van der Waals surface area contributed by atoms with Gasteiger partial charge in [-0.25, -0.2) is 0 Å². The molecule has 0 radical (unpaired) electrons. The molecule has 4 nitrogen and oxygen atoms in total. The lowest BCUT2D eigenvalue weighted by molar-refractivity contribution is -0.115. The highest BCUT2D eigenvalue weighted by molar-refractivity contribution is 5.90. The molecule has 1 fully saturated rings. The normalized spacial score (nSPS) is 18.0. The highest BCUT2D eigenvalue weighted by Gasteiger charge is 2.18. The first kappa shape index (κ1) is 14.0. The number of hydrogen-bond acceptors (Lipinski definition) is 3. The molecular weight excluding hydrogens is 240 g/mol. The summed E-state index contributed by atoms with van der Waals surface area (Å²) in [7, 11) is 0. The molecule has 0 spiro atoms. The summed E-state index contributed by atoms with van der Waals surface area (Å²) in [6.07, 6.45) is 0.506. The maximum absolute atomic E-state index is 11.3. The Balaban J connectivity index is 1.98. The van der Waals surface area contributed by atoms with E-state index in [1.165, 1.54) is 5.56 Å². The van der Waals surface area contributed by atoms with Gasteiger partial charge < -0.3 is 10.1 Å². The minimum Gasteiger partial charge on any atom is -0.379 e. The molecule has 1 aromatic carbocycles. The van der Waals surface area contributed by atoms with Gasteiger partial charge in [0.15, 0.2) is 0 Å². The summed E-state index contributed by atoms with van der Waals surface area (Å²) in [6.45, 7) is 7.66. The quantitative estimate of drug-likeness (QED) is 0.906. The van der Waals surface area contributed by atoms with Gasteiger partial charge in [0.1, 0.15) is 0 Å². The van der Waals surface area contributed by atoms with Crippen molar-refractivity contribution in [2.24, 2.45) is 0 Å². The SMILES string of the molecule is CCC(=O)Nc1ccc([C@H](C)N2CCOCC2)cc1. The van der Waals surface area contributed by atoms with Crippen LogP contribution in [0.3, 0.4) is 0 Å². The summed E-state index contributed by atoms with van der Waals surface area (Å²) in [5.74, 6) is 0.0500. The Bertz CT molecular complexity index is 411. The summed E-state index contributed by atoms with van der Waals surface area (Å²) in [5, 5.41) is 2.86. The van der Waals surface area contributed by atoms with Gasteiger partial charge in [-0.1, -0.05) is 19.1 Å². The number of rotatable bonds is 4. The monoisotopic (exact) mass is 262 g/mol. The van der Waals surface area contributed by atoms with Gasteiger partial charge in [-0.2, -0.15) is 0 Å². The van der Waals surface area contributed by atoms with E-state index < -0.39 is 0 Å². The zero-order chi connectivity index (χ0) is 13.7. The summed E-state index contributed by atoms with van der Waals surface area (Å²) < 4.78 is 5.37. The van der Waals surface area contributed by atoms with Gasteiger partial charge in [0.05, 0.1) is 13.2 Å². The predicted molar refractivity (Wildman–Crippen MR) is 76.2 cm³/mol. The molecule has 19 heavy (non-hydrogen) atoms. The van der Waals surface area contributed by atoms with Crippen LogP contribution in [0.1, 0.15) is 31.9 Å². The van der Waals surface area contributed by atoms with Gasteiger partial charge in [-0.15, -0.1) is 0 Å². The maximum Gasteiger partial charge on any atom is 0.224 e. The fourth-order valence-corrected chi connectivity index (χ4v) is 2.27. The van der Waals surface area contributed by atoms with Gasteiger partial charge in [0.2, 0.25) is 5.91 Å². The highest BCUT2D eigenvalue weighted by Crippen LogP contribution is 2.22. The van der Waals surface area contributed by atoms with E-state index in [0.29, 0.717) is 12.5 Å². The molecule has 1 atom stereocenters. The van der Waals surface area contributed by atoms with E-state index in [9.17, 15) is 4.79 Å². The van der Waals surface area contributed by atoms with Crippen molar-refractivity contribution in [1.82, 2.24) is 4.90 Å². The second-order valence-electron chi connectivity index (χ2n) is 4.85. The second kappa shape index (κ2) is 6.68. The zero-order valence-electron chi connectivity index (χ0n) is 11.7. The van der Waals surface area contributed by atoms with E-state index >= 15 is 0 Å². The van der Waals surface area contributed by atoms with Crippen LogP contribution >= 0.6 is 0 Å². The molecule has 4 heteroatoms. The van der Waals surface area contributed by atoms with E-state index in [1.54, 1.807) is 0 Å². The summed E-state index contributed by atoms with van der Waals surface area (Å²) in [4.78, 5) is 13.7. The Kier molecular flexibility index (Phi) is 4.93. The highest BCUT2D eigenvalue weighted by atomic mass is 16.5. The van der Waals surface area contributed by atoms with E-state index in [4.69, 9.17) is 4.74 Å². The van der Waals surface area contributed by atoms with E-state index in [1.807, 2.05) is 19.1 Å². The largest absolute Gasteiger partial charge is 0.379 e. The molecule has 1 aromatic rings. The van der Waals surface area contributed by atoms with Crippen LogP contribution in [0.4, 0.5) is 5.69 Å². The molecule has 0 aromatic heterocycles. The molecule has 1 amide bonds. The van der Waals surface area contributed by atoms with Gasteiger partial charge in [-0.05, 0) is 24.6 Å². The molecule has 2 rings (SSSR count). The van der Waals surface area contributed by atoms with Crippen LogP contribution in [0, 0.1) is 0 Å². The summed E-state index contributed by atoms with van der Waals surface area (Å²) in [5.41, 5.74) is 2.14. The second-order valence-corrected chi connectivity index (χ2v) is 4.85. The maximum atomic E-state index is 11.3. The summed E-state index contributed by atoms with van der Waals surface area (Å²) in [6, 6.07) is 8.51. The third-order valence-electron chi connectivity index (χ3n) is 3.59. The molecule has 1 N–H and O–H groups in total. The lowest BCUT2D eigenvalue weighted by Crippen LogP contribution is -2.37. The Morgan fingerprint density at radius 2 is 1.95 bits per heavy atom. The van der Waals surface area contributed by atoms with Crippen molar-refractivity contribution < 1.29 is 9.53 Å². The van der Waals surface area contributed by atoms with Gasteiger partial charge >= 0.3 is 0 Å². The Morgan fingerprint density at radius 1 is 1.32 bits per heavy atom. The number of anilines is 1. The Labute approximate surface area is 114 Å². The van der Waals surface area contributed by atoms with Crippen molar-refractivity contribution in [1.29, 1.82) is 0 Å². The molecule has 1 saturated heterocycles. The van der Waals surface area contributed by atoms with Gasteiger partial charge in [-0.3, -0.25) is 9.69 Å². The molecule has 0 saturated carbocycles. The van der Waals surface area contributed by atoms with E-state index in [2.05, 4.69) is 29.3 Å². The molecule has 1 aliphatic rings. The summed E-state index contributed by atoms with van der Waals surface area (Å²) >= 11 is 0. The number of carbonyl (C=O) groups excluding carboxylic acids is 1. The Hall–Kier alpha value is -1.39. The number of amides is 1. The number of ether oxygens (including phenoxy) is 1. The first-order valence-electron chi connectivity index (χ1n) is 6.92. The number of hydrogen-bond donors (Lipinski definition) is 1. The molecule has 104 valence electrons. The number of carbonyl (C=O) groups is 1. The van der Waals surface area contributed by atoms with Crippen molar-refractivity contribution in [2.45, 2.75) is 26.3 Å². The number of benzene rings is 1. The third kappa shape index (κ3) is 3.78. The van der Waals surface area contributed by atoms with Gasteiger partial charge in [0, 0.05) is 31.2 Å². The average Bonchev–Trinajstić information content (AvgIpc) is 2.48. The van der Waals surface area contributed by atoms with Crippen LogP contribution < -0.4 is 5.32 Å². The fraction of sp³-hybridized carbons (Fsp3) is 0.533. The Morgan fingerprint density at radius 3 is 2.53 bits per heavy atom. The van der Waals surface area contributed by atoms with Crippen molar-refractivity contribution in [3.05, 3.63) is 29.8 Å². The van der Waals surface area contributed by atoms with E-state index in [0.717, 1.165) is 32.0 Å². The van der Waals surface area contributed by atoms with Crippen LogP contribution in [-0.2, 0) is 9.53 Å². The van der Waals surface area contributed by atoms with Crippen LogP contribution in [0.5, 0.6) is 0 Å². The molecule has 1 heterocycles. The number of morpholine rings is 1. The van der Waals surface area contributed by atoms with Crippen molar-refractivity contribution >= 4 is 11.6 Å². The minimum absolute atomic E-state index is 0.0500. The topological polar surface area (TPSA) is 41.6 Å². The zero-order valence-corrected chi connectivity index (χ0v) is 11.7. The average molecular weight is 262 g/mol. The molecule has 0 unspecified atom stereocenters. The molecular formula is C15H22N2O2. The van der Waals surface area contributed by atoms with E-state index in [-0.39, 0.29) is 5.91 Å².